The number of fused-ring (bicyclic) bond motifs is 3. The molecule has 0 spiro atoms. The topological polar surface area (TPSA) is 72.6 Å². The third-order valence-electron chi connectivity index (χ3n) is 5.72. The monoisotopic (exact) mass is 376 g/mol. The summed E-state index contributed by atoms with van der Waals surface area (Å²) in [6.45, 7) is 0. The maximum Gasteiger partial charge on any atom is 0.290 e. The lowest BCUT2D eigenvalue weighted by Gasteiger charge is -2.38. The van der Waals surface area contributed by atoms with Crippen LogP contribution in [0.5, 0.6) is 5.75 Å². The number of benzene rings is 1. The number of nitrogens with zero attached hydrogens (tertiary/aromatic N) is 2. The molecule has 28 heavy (non-hydrogen) atoms. The van der Waals surface area contributed by atoms with E-state index >= 15 is 0 Å². The number of ether oxygens (including phenoxy) is 1. The van der Waals surface area contributed by atoms with Crippen molar-refractivity contribution in [2.45, 2.75) is 43.9 Å². The number of hydrogen-bond acceptors (Lipinski definition) is 5. The lowest BCUT2D eigenvalue weighted by molar-refractivity contribution is 0.0334. The number of aromatic nitrogens is 1. The Bertz CT molecular complexity index is 1060. The van der Waals surface area contributed by atoms with Crippen LogP contribution in [0.25, 0.3) is 11.0 Å². The molecule has 2 saturated heterocycles. The second-order valence-corrected chi connectivity index (χ2v) is 7.46. The highest BCUT2D eigenvalue weighted by atomic mass is 16.5. The minimum atomic E-state index is -0.197. The SMILES string of the molecule is O=C(c1cc(=O)c2ccccc2o1)N1C2CCC1CC(Oc1ccncc1)C2. The summed E-state index contributed by atoms with van der Waals surface area (Å²) < 4.78 is 11.9. The van der Waals surface area contributed by atoms with Crippen molar-refractivity contribution in [3.05, 3.63) is 70.8 Å². The van der Waals surface area contributed by atoms with E-state index in [0.29, 0.717) is 11.0 Å². The molecule has 2 atom stereocenters. The van der Waals surface area contributed by atoms with E-state index < -0.39 is 0 Å². The fourth-order valence-electron chi connectivity index (χ4n) is 4.50. The van der Waals surface area contributed by atoms with Gasteiger partial charge in [-0.05, 0) is 37.1 Å². The number of rotatable bonds is 3. The number of piperidine rings is 1. The molecule has 142 valence electrons. The predicted octanol–water partition coefficient (Wildman–Crippen LogP) is 3.40. The number of hydrogen-bond donors (Lipinski definition) is 0. The molecule has 2 bridgehead atoms. The van der Waals surface area contributed by atoms with Crippen molar-refractivity contribution in [3.8, 4) is 5.75 Å². The van der Waals surface area contributed by atoms with Gasteiger partial charge in [-0.15, -0.1) is 0 Å². The first kappa shape index (κ1) is 17.0. The van der Waals surface area contributed by atoms with Crippen molar-refractivity contribution in [3.63, 3.8) is 0 Å². The molecule has 0 radical (unpaired) electrons. The van der Waals surface area contributed by atoms with Crippen LogP contribution in [0.4, 0.5) is 0 Å². The van der Waals surface area contributed by atoms with Crippen LogP contribution in [-0.4, -0.2) is 34.0 Å². The molecule has 4 heterocycles. The molecule has 2 aliphatic heterocycles. The number of carbonyl (C=O) groups excluding carboxylic acids is 1. The van der Waals surface area contributed by atoms with Gasteiger partial charge in [0.2, 0.25) is 0 Å². The quantitative estimate of drug-likeness (QED) is 0.700. The van der Waals surface area contributed by atoms with E-state index in [4.69, 9.17) is 9.15 Å². The summed E-state index contributed by atoms with van der Waals surface area (Å²) in [5.74, 6) is 0.728. The van der Waals surface area contributed by atoms with Gasteiger partial charge >= 0.3 is 0 Å². The highest BCUT2D eigenvalue weighted by molar-refractivity contribution is 5.93. The minimum Gasteiger partial charge on any atom is -0.490 e. The van der Waals surface area contributed by atoms with Crippen molar-refractivity contribution in [2.75, 3.05) is 0 Å². The number of amides is 1. The van der Waals surface area contributed by atoms with E-state index in [2.05, 4.69) is 4.98 Å². The van der Waals surface area contributed by atoms with E-state index in [1.165, 1.54) is 6.07 Å². The molecular weight excluding hydrogens is 356 g/mol. The van der Waals surface area contributed by atoms with Gasteiger partial charge in [0.15, 0.2) is 11.2 Å². The van der Waals surface area contributed by atoms with Gasteiger partial charge in [0.25, 0.3) is 5.91 Å². The number of carbonyl (C=O) groups is 1. The zero-order valence-corrected chi connectivity index (χ0v) is 15.3. The van der Waals surface area contributed by atoms with Crippen molar-refractivity contribution in [1.29, 1.82) is 0 Å². The molecular formula is C22H20N2O4. The van der Waals surface area contributed by atoms with E-state index in [1.807, 2.05) is 17.0 Å². The van der Waals surface area contributed by atoms with Gasteiger partial charge in [0, 0.05) is 43.4 Å². The highest BCUT2D eigenvalue weighted by Gasteiger charge is 2.45. The first-order chi connectivity index (χ1) is 13.7. The molecule has 5 rings (SSSR count). The zero-order valence-electron chi connectivity index (χ0n) is 15.3. The van der Waals surface area contributed by atoms with Crippen LogP contribution in [0, 0.1) is 0 Å². The average molecular weight is 376 g/mol. The molecule has 2 aliphatic rings. The van der Waals surface area contributed by atoms with Crippen LogP contribution >= 0.6 is 0 Å². The number of pyridine rings is 1. The third kappa shape index (κ3) is 2.95. The van der Waals surface area contributed by atoms with Gasteiger partial charge in [-0.25, -0.2) is 0 Å². The van der Waals surface area contributed by atoms with Crippen molar-refractivity contribution in [2.24, 2.45) is 0 Å². The van der Waals surface area contributed by atoms with Gasteiger partial charge in [-0.1, -0.05) is 12.1 Å². The average Bonchev–Trinajstić information content (AvgIpc) is 2.98. The van der Waals surface area contributed by atoms with Crippen LogP contribution in [0.3, 0.4) is 0 Å². The van der Waals surface area contributed by atoms with E-state index in [9.17, 15) is 9.59 Å². The van der Waals surface area contributed by atoms with Crippen LogP contribution < -0.4 is 10.2 Å². The maximum atomic E-state index is 13.2. The Labute approximate surface area is 161 Å². The molecule has 2 fully saturated rings. The summed E-state index contributed by atoms with van der Waals surface area (Å²) in [7, 11) is 0. The molecule has 2 unspecified atom stereocenters. The van der Waals surface area contributed by atoms with Gasteiger partial charge in [0.1, 0.15) is 17.4 Å². The molecule has 6 nitrogen and oxygen atoms in total. The standard InChI is InChI=1S/C22H20N2O4/c25-19-13-21(28-20-4-2-1-3-18(19)20)22(26)24-14-5-6-15(24)12-17(11-14)27-16-7-9-23-10-8-16/h1-4,7-10,13-15,17H,5-6,11-12H2. The largest absolute Gasteiger partial charge is 0.490 e. The van der Waals surface area contributed by atoms with Crippen LogP contribution in [0.2, 0.25) is 0 Å². The summed E-state index contributed by atoms with van der Waals surface area (Å²) in [4.78, 5) is 31.4. The first-order valence-corrected chi connectivity index (χ1v) is 9.61. The maximum absolute atomic E-state index is 13.2. The Morgan fingerprint density at radius 3 is 2.54 bits per heavy atom. The Balaban J connectivity index is 1.38. The summed E-state index contributed by atoms with van der Waals surface area (Å²) in [6.07, 6.45) is 6.96. The third-order valence-corrected chi connectivity index (χ3v) is 5.72. The normalized spacial score (nSPS) is 23.7. The second kappa shape index (κ2) is 6.78. The molecule has 3 aromatic rings. The van der Waals surface area contributed by atoms with Crippen LogP contribution in [-0.2, 0) is 0 Å². The van der Waals surface area contributed by atoms with Crippen molar-refractivity contribution in [1.82, 2.24) is 9.88 Å². The summed E-state index contributed by atoms with van der Waals surface area (Å²) in [5, 5.41) is 0.492. The Kier molecular flexibility index (Phi) is 4.11. The molecule has 2 aromatic heterocycles. The first-order valence-electron chi connectivity index (χ1n) is 9.61. The van der Waals surface area contributed by atoms with E-state index in [-0.39, 0.29) is 35.3 Å². The molecule has 1 aromatic carbocycles. The minimum absolute atomic E-state index is 0.0764. The number of para-hydroxylation sites is 1. The fraction of sp³-hybridized carbons (Fsp3) is 0.318. The van der Waals surface area contributed by atoms with E-state index in [0.717, 1.165) is 31.4 Å². The summed E-state index contributed by atoms with van der Waals surface area (Å²) >= 11 is 0. The molecule has 6 heteroatoms. The van der Waals surface area contributed by atoms with Crippen LogP contribution in [0.15, 0.2) is 64.1 Å². The fourth-order valence-corrected chi connectivity index (χ4v) is 4.50. The predicted molar refractivity (Wildman–Crippen MR) is 103 cm³/mol. The van der Waals surface area contributed by atoms with Gasteiger partial charge in [-0.3, -0.25) is 14.6 Å². The van der Waals surface area contributed by atoms with Crippen LogP contribution in [0.1, 0.15) is 36.2 Å². The van der Waals surface area contributed by atoms with Gasteiger partial charge < -0.3 is 14.1 Å². The Morgan fingerprint density at radius 2 is 1.79 bits per heavy atom. The Morgan fingerprint density at radius 1 is 1.07 bits per heavy atom. The molecule has 1 amide bonds. The summed E-state index contributed by atoms with van der Waals surface area (Å²) in [5.41, 5.74) is 0.259. The van der Waals surface area contributed by atoms with Crippen molar-refractivity contribution >= 4 is 16.9 Å². The Hall–Kier alpha value is -3.15. The van der Waals surface area contributed by atoms with Gasteiger partial charge in [0.05, 0.1) is 5.39 Å². The molecule has 0 N–H and O–H groups in total. The van der Waals surface area contributed by atoms with Crippen molar-refractivity contribution < 1.29 is 13.9 Å². The van der Waals surface area contributed by atoms with Gasteiger partial charge in [-0.2, -0.15) is 0 Å². The zero-order chi connectivity index (χ0) is 19.1. The molecule has 0 aliphatic carbocycles. The smallest absolute Gasteiger partial charge is 0.290 e. The molecule has 0 saturated carbocycles. The summed E-state index contributed by atoms with van der Waals surface area (Å²) in [6, 6.07) is 12.2. The second-order valence-electron chi connectivity index (χ2n) is 7.46. The lowest BCUT2D eigenvalue weighted by Crippen LogP contribution is -2.49. The lowest BCUT2D eigenvalue weighted by atomic mass is 9.99. The van der Waals surface area contributed by atoms with E-state index in [1.54, 1.807) is 36.7 Å². The highest BCUT2D eigenvalue weighted by Crippen LogP contribution is 2.38.